The minimum Gasteiger partial charge on any atom is -0.381 e. The van der Waals surface area contributed by atoms with Crippen molar-refractivity contribution >= 4 is 0 Å². The Balaban J connectivity index is 1.80. The molecule has 0 aromatic rings. The molecule has 0 aromatic carbocycles. The van der Waals surface area contributed by atoms with Gasteiger partial charge in [-0.25, -0.2) is 0 Å². The highest BCUT2D eigenvalue weighted by atomic mass is 16.5. The molecule has 2 atom stereocenters. The minimum atomic E-state index is 0.463. The Morgan fingerprint density at radius 1 is 1.11 bits per heavy atom. The van der Waals surface area contributed by atoms with Crippen LogP contribution in [-0.4, -0.2) is 25.8 Å². The van der Waals surface area contributed by atoms with Crippen molar-refractivity contribution in [1.82, 2.24) is 5.32 Å². The van der Waals surface area contributed by atoms with E-state index in [1.165, 1.54) is 38.6 Å². The van der Waals surface area contributed by atoms with Crippen molar-refractivity contribution in [2.45, 2.75) is 65.8 Å². The van der Waals surface area contributed by atoms with Crippen molar-refractivity contribution in [2.75, 3.05) is 19.8 Å². The lowest BCUT2D eigenvalue weighted by atomic mass is 9.70. The molecule has 0 radical (unpaired) electrons. The van der Waals surface area contributed by atoms with E-state index in [1.807, 2.05) is 0 Å². The molecule has 2 fully saturated rings. The van der Waals surface area contributed by atoms with E-state index in [9.17, 15) is 0 Å². The van der Waals surface area contributed by atoms with E-state index in [0.717, 1.165) is 25.2 Å². The molecule has 18 heavy (non-hydrogen) atoms. The van der Waals surface area contributed by atoms with Gasteiger partial charge in [0.1, 0.15) is 0 Å². The van der Waals surface area contributed by atoms with Crippen LogP contribution in [0.2, 0.25) is 0 Å². The fourth-order valence-electron chi connectivity index (χ4n) is 3.67. The second-order valence-corrected chi connectivity index (χ2v) is 7.79. The molecule has 1 saturated carbocycles. The van der Waals surface area contributed by atoms with Crippen LogP contribution in [-0.2, 0) is 4.74 Å². The van der Waals surface area contributed by atoms with Gasteiger partial charge in [0.05, 0.1) is 0 Å². The topological polar surface area (TPSA) is 21.3 Å². The predicted molar refractivity (Wildman–Crippen MR) is 76.7 cm³/mol. The van der Waals surface area contributed by atoms with Crippen molar-refractivity contribution < 1.29 is 4.74 Å². The van der Waals surface area contributed by atoms with E-state index in [-0.39, 0.29) is 0 Å². The SMILES string of the molecule is CC1CC(C)(C)CCC1NCC1(C)CCOCC1. The summed E-state index contributed by atoms with van der Waals surface area (Å²) in [6.07, 6.45) is 6.51. The van der Waals surface area contributed by atoms with Gasteiger partial charge in [0.25, 0.3) is 0 Å². The largest absolute Gasteiger partial charge is 0.381 e. The lowest BCUT2D eigenvalue weighted by Gasteiger charge is -2.42. The third-order valence-corrected chi connectivity index (χ3v) is 5.18. The van der Waals surface area contributed by atoms with Crippen LogP contribution in [0.4, 0.5) is 0 Å². The van der Waals surface area contributed by atoms with Gasteiger partial charge in [0.15, 0.2) is 0 Å². The zero-order chi connectivity index (χ0) is 13.2. The fourth-order valence-corrected chi connectivity index (χ4v) is 3.67. The molecule has 1 aliphatic heterocycles. The van der Waals surface area contributed by atoms with Gasteiger partial charge >= 0.3 is 0 Å². The number of nitrogens with one attached hydrogen (secondary N) is 1. The molecule has 0 spiro atoms. The molecule has 2 heteroatoms. The average Bonchev–Trinajstić information content (AvgIpc) is 2.28. The van der Waals surface area contributed by atoms with Gasteiger partial charge in [-0.2, -0.15) is 0 Å². The maximum Gasteiger partial charge on any atom is 0.0471 e. The molecule has 2 nitrogen and oxygen atoms in total. The van der Waals surface area contributed by atoms with Crippen LogP contribution in [0.3, 0.4) is 0 Å². The van der Waals surface area contributed by atoms with Crippen LogP contribution < -0.4 is 5.32 Å². The smallest absolute Gasteiger partial charge is 0.0471 e. The standard InChI is InChI=1S/C16H31NO/c1-13-11-15(2,3)6-5-14(13)17-12-16(4)7-9-18-10-8-16/h13-14,17H,5-12H2,1-4H3. The Kier molecular flexibility index (Phi) is 4.38. The van der Waals surface area contributed by atoms with Crippen LogP contribution >= 0.6 is 0 Å². The first-order chi connectivity index (χ1) is 8.40. The van der Waals surface area contributed by atoms with Crippen LogP contribution in [0.5, 0.6) is 0 Å². The van der Waals surface area contributed by atoms with Crippen molar-refractivity contribution in [3.8, 4) is 0 Å². The summed E-state index contributed by atoms with van der Waals surface area (Å²) < 4.78 is 5.48. The van der Waals surface area contributed by atoms with Crippen molar-refractivity contribution in [3.63, 3.8) is 0 Å². The lowest BCUT2D eigenvalue weighted by molar-refractivity contribution is 0.0198. The third-order valence-electron chi connectivity index (χ3n) is 5.18. The first-order valence-corrected chi connectivity index (χ1v) is 7.71. The number of hydrogen-bond donors (Lipinski definition) is 1. The molecule has 0 bridgehead atoms. The molecule has 0 amide bonds. The first-order valence-electron chi connectivity index (χ1n) is 7.71. The highest BCUT2D eigenvalue weighted by molar-refractivity contribution is 4.89. The lowest BCUT2D eigenvalue weighted by Crippen LogP contribution is -2.46. The summed E-state index contributed by atoms with van der Waals surface area (Å²) in [7, 11) is 0. The molecule has 0 aromatic heterocycles. The molecule has 1 N–H and O–H groups in total. The summed E-state index contributed by atoms with van der Waals surface area (Å²) in [6, 6.07) is 0.734. The molecule has 106 valence electrons. The monoisotopic (exact) mass is 253 g/mol. The molecule has 1 heterocycles. The van der Waals surface area contributed by atoms with Gasteiger partial charge in [-0.05, 0) is 48.9 Å². The highest BCUT2D eigenvalue weighted by Gasteiger charge is 2.34. The van der Waals surface area contributed by atoms with Gasteiger partial charge in [-0.1, -0.05) is 27.7 Å². The summed E-state index contributed by atoms with van der Waals surface area (Å²) in [5, 5.41) is 3.86. The maximum atomic E-state index is 5.48. The molecule has 2 aliphatic rings. The van der Waals surface area contributed by atoms with E-state index in [2.05, 4.69) is 33.0 Å². The van der Waals surface area contributed by atoms with Crippen molar-refractivity contribution in [1.29, 1.82) is 0 Å². The van der Waals surface area contributed by atoms with Crippen LogP contribution in [0.1, 0.15) is 59.8 Å². The summed E-state index contributed by atoms with van der Waals surface area (Å²) in [5.41, 5.74) is 1.02. The molecule has 2 rings (SSSR count). The Labute approximate surface area is 113 Å². The zero-order valence-corrected chi connectivity index (χ0v) is 12.7. The second-order valence-electron chi connectivity index (χ2n) is 7.79. The van der Waals surface area contributed by atoms with Gasteiger partial charge in [0.2, 0.25) is 0 Å². The van der Waals surface area contributed by atoms with E-state index in [4.69, 9.17) is 4.74 Å². The normalized spacial score (nSPS) is 35.3. The van der Waals surface area contributed by atoms with Crippen LogP contribution in [0.25, 0.3) is 0 Å². The van der Waals surface area contributed by atoms with Crippen LogP contribution in [0.15, 0.2) is 0 Å². The predicted octanol–water partition coefficient (Wildman–Crippen LogP) is 3.61. The van der Waals surface area contributed by atoms with Crippen molar-refractivity contribution in [2.24, 2.45) is 16.7 Å². The molecular weight excluding hydrogens is 222 g/mol. The third kappa shape index (κ3) is 3.71. The average molecular weight is 253 g/mol. The summed E-state index contributed by atoms with van der Waals surface area (Å²) in [5.74, 6) is 0.817. The van der Waals surface area contributed by atoms with E-state index in [1.54, 1.807) is 0 Å². The zero-order valence-electron chi connectivity index (χ0n) is 12.7. The Bertz CT molecular complexity index is 268. The Hall–Kier alpha value is -0.0800. The van der Waals surface area contributed by atoms with Crippen molar-refractivity contribution in [3.05, 3.63) is 0 Å². The summed E-state index contributed by atoms with van der Waals surface area (Å²) >= 11 is 0. The van der Waals surface area contributed by atoms with Gasteiger partial charge in [-0.3, -0.25) is 0 Å². The maximum absolute atomic E-state index is 5.48. The Morgan fingerprint density at radius 2 is 1.78 bits per heavy atom. The highest BCUT2D eigenvalue weighted by Crippen LogP contribution is 2.39. The van der Waals surface area contributed by atoms with Gasteiger partial charge in [0, 0.05) is 25.8 Å². The molecule has 1 aliphatic carbocycles. The molecule has 2 unspecified atom stereocenters. The summed E-state index contributed by atoms with van der Waals surface area (Å²) in [6.45, 7) is 12.7. The summed E-state index contributed by atoms with van der Waals surface area (Å²) in [4.78, 5) is 0. The van der Waals surface area contributed by atoms with E-state index < -0.39 is 0 Å². The fraction of sp³-hybridized carbons (Fsp3) is 1.00. The van der Waals surface area contributed by atoms with Gasteiger partial charge < -0.3 is 10.1 Å². The van der Waals surface area contributed by atoms with Crippen LogP contribution in [0, 0.1) is 16.7 Å². The second kappa shape index (κ2) is 5.50. The Morgan fingerprint density at radius 3 is 2.39 bits per heavy atom. The van der Waals surface area contributed by atoms with Gasteiger partial charge in [-0.15, -0.1) is 0 Å². The number of rotatable bonds is 3. The van der Waals surface area contributed by atoms with E-state index in [0.29, 0.717) is 10.8 Å². The number of hydrogen-bond acceptors (Lipinski definition) is 2. The quantitative estimate of drug-likeness (QED) is 0.829. The molecule has 1 saturated heterocycles. The minimum absolute atomic E-state index is 0.463. The van der Waals surface area contributed by atoms with E-state index >= 15 is 0 Å². The number of ether oxygens (including phenoxy) is 1. The molecular formula is C16H31NO. The first kappa shape index (κ1) is 14.3.